The highest BCUT2D eigenvalue weighted by Crippen LogP contribution is 2.24. The zero-order chi connectivity index (χ0) is 8.97. The highest BCUT2D eigenvalue weighted by Gasteiger charge is 2.05. The van der Waals surface area contributed by atoms with Crippen LogP contribution in [-0.4, -0.2) is 11.5 Å². The number of thiazole rings is 1. The van der Waals surface area contributed by atoms with Gasteiger partial charge in [-0.05, 0) is 35.3 Å². The van der Waals surface area contributed by atoms with E-state index in [-0.39, 0.29) is 0 Å². The molecule has 0 atom stereocenters. The fourth-order valence-corrected chi connectivity index (χ4v) is 2.75. The average Bonchev–Trinajstić information content (AvgIpc) is 2.43. The van der Waals surface area contributed by atoms with Crippen LogP contribution in [0.25, 0.3) is 0 Å². The van der Waals surface area contributed by atoms with E-state index in [4.69, 9.17) is 5.73 Å². The van der Waals surface area contributed by atoms with Crippen molar-refractivity contribution >= 4 is 27.3 Å². The van der Waals surface area contributed by atoms with E-state index in [1.165, 1.54) is 9.88 Å². The molecular formula is C8H13BrN2S. The van der Waals surface area contributed by atoms with E-state index in [0.717, 1.165) is 30.4 Å². The van der Waals surface area contributed by atoms with Crippen LogP contribution in [-0.2, 0) is 12.8 Å². The molecule has 0 aliphatic heterocycles. The van der Waals surface area contributed by atoms with Gasteiger partial charge in [-0.3, -0.25) is 0 Å². The van der Waals surface area contributed by atoms with E-state index in [0.29, 0.717) is 0 Å². The number of aromatic nitrogens is 1. The Morgan fingerprint density at radius 2 is 2.33 bits per heavy atom. The number of nitrogens with zero attached hydrogens (tertiary/aromatic N) is 1. The van der Waals surface area contributed by atoms with Crippen LogP contribution >= 0.6 is 27.3 Å². The molecule has 0 aliphatic rings. The predicted molar refractivity (Wildman–Crippen MR) is 56.6 cm³/mol. The van der Waals surface area contributed by atoms with Gasteiger partial charge < -0.3 is 5.73 Å². The topological polar surface area (TPSA) is 38.9 Å². The van der Waals surface area contributed by atoms with Crippen LogP contribution in [0.2, 0.25) is 0 Å². The van der Waals surface area contributed by atoms with Gasteiger partial charge >= 0.3 is 0 Å². The third-order valence-corrected chi connectivity index (χ3v) is 3.79. The van der Waals surface area contributed by atoms with Gasteiger partial charge in [0.25, 0.3) is 0 Å². The summed E-state index contributed by atoms with van der Waals surface area (Å²) in [4.78, 5) is 5.73. The molecule has 1 aromatic heterocycles. The van der Waals surface area contributed by atoms with Crippen LogP contribution < -0.4 is 5.73 Å². The van der Waals surface area contributed by atoms with Crippen LogP contribution in [0.15, 0.2) is 4.60 Å². The summed E-state index contributed by atoms with van der Waals surface area (Å²) < 4.78 is 1.02. The number of hydrogen-bond acceptors (Lipinski definition) is 3. The van der Waals surface area contributed by atoms with Crippen molar-refractivity contribution in [3.05, 3.63) is 14.5 Å². The number of nitrogens with two attached hydrogens (primary N) is 1. The Hall–Kier alpha value is 0.0700. The number of hydrogen-bond donors (Lipinski definition) is 1. The first-order chi connectivity index (χ1) is 5.77. The molecule has 2 N–H and O–H groups in total. The molecule has 0 bridgehead atoms. The normalized spacial score (nSPS) is 10.6. The minimum atomic E-state index is 0.749. The highest BCUT2D eigenvalue weighted by molar-refractivity contribution is 9.10. The molecule has 0 aromatic carbocycles. The maximum absolute atomic E-state index is 5.42. The molecule has 0 spiro atoms. The van der Waals surface area contributed by atoms with Crippen molar-refractivity contribution in [2.24, 2.45) is 5.73 Å². The molecule has 2 nitrogen and oxygen atoms in total. The monoisotopic (exact) mass is 248 g/mol. The Morgan fingerprint density at radius 1 is 1.58 bits per heavy atom. The molecule has 1 rings (SSSR count). The smallest absolute Gasteiger partial charge is 0.120 e. The van der Waals surface area contributed by atoms with E-state index < -0.39 is 0 Å². The van der Waals surface area contributed by atoms with E-state index in [2.05, 4.69) is 27.8 Å². The molecule has 1 heterocycles. The van der Waals surface area contributed by atoms with Gasteiger partial charge in [0.15, 0.2) is 0 Å². The third-order valence-electron chi connectivity index (χ3n) is 1.61. The molecule has 0 amide bonds. The maximum atomic E-state index is 5.42. The minimum absolute atomic E-state index is 0.749. The Kier molecular flexibility index (Phi) is 4.18. The van der Waals surface area contributed by atoms with Crippen LogP contribution in [0, 0.1) is 0 Å². The molecule has 0 unspecified atom stereocenters. The van der Waals surface area contributed by atoms with Gasteiger partial charge in [-0.1, -0.05) is 6.92 Å². The Morgan fingerprint density at radius 3 is 2.83 bits per heavy atom. The summed E-state index contributed by atoms with van der Waals surface area (Å²) >= 11 is 5.22. The van der Waals surface area contributed by atoms with Gasteiger partial charge in [0.2, 0.25) is 0 Å². The summed E-state index contributed by atoms with van der Waals surface area (Å²) in [5.41, 5.74) is 5.42. The molecule has 0 fully saturated rings. The molecular weight excluding hydrogens is 236 g/mol. The van der Waals surface area contributed by atoms with Crippen molar-refractivity contribution in [2.75, 3.05) is 6.54 Å². The van der Waals surface area contributed by atoms with Gasteiger partial charge in [0.05, 0.1) is 5.01 Å². The lowest BCUT2D eigenvalue weighted by Crippen LogP contribution is -1.99. The van der Waals surface area contributed by atoms with Crippen molar-refractivity contribution in [1.82, 2.24) is 4.98 Å². The molecule has 0 saturated heterocycles. The largest absolute Gasteiger partial charge is 0.330 e. The summed E-state index contributed by atoms with van der Waals surface area (Å²) in [6.07, 6.45) is 3.10. The van der Waals surface area contributed by atoms with Gasteiger partial charge in [-0.2, -0.15) is 0 Å². The van der Waals surface area contributed by atoms with Crippen molar-refractivity contribution in [3.63, 3.8) is 0 Å². The number of halogens is 1. The molecule has 1 aromatic rings. The van der Waals surface area contributed by atoms with E-state index in [9.17, 15) is 0 Å². The number of aryl methyl sites for hydroxylation is 2. The van der Waals surface area contributed by atoms with Crippen molar-refractivity contribution in [1.29, 1.82) is 0 Å². The van der Waals surface area contributed by atoms with Crippen LogP contribution in [0.3, 0.4) is 0 Å². The average molecular weight is 249 g/mol. The molecule has 4 heteroatoms. The minimum Gasteiger partial charge on any atom is -0.330 e. The van der Waals surface area contributed by atoms with Crippen molar-refractivity contribution < 1.29 is 0 Å². The fraction of sp³-hybridized carbons (Fsp3) is 0.625. The summed E-state index contributed by atoms with van der Waals surface area (Å²) in [5, 5.41) is 1.20. The Bertz CT molecular complexity index is 247. The summed E-state index contributed by atoms with van der Waals surface area (Å²) in [6, 6.07) is 0. The maximum Gasteiger partial charge on any atom is 0.120 e. The zero-order valence-electron chi connectivity index (χ0n) is 7.14. The van der Waals surface area contributed by atoms with Crippen molar-refractivity contribution in [3.8, 4) is 0 Å². The standard InChI is InChI=1S/C8H13BrN2S/c1-2-6-8(9)11-7(12-6)4-3-5-10/h2-5,10H2,1H3. The van der Waals surface area contributed by atoms with Gasteiger partial charge in [-0.15, -0.1) is 11.3 Å². The van der Waals surface area contributed by atoms with Crippen LogP contribution in [0.5, 0.6) is 0 Å². The first-order valence-corrected chi connectivity index (χ1v) is 5.73. The SMILES string of the molecule is CCc1sc(CCCN)nc1Br. The third kappa shape index (κ3) is 2.54. The quantitative estimate of drug-likeness (QED) is 0.889. The molecule has 0 saturated carbocycles. The lowest BCUT2D eigenvalue weighted by molar-refractivity contribution is 0.824. The van der Waals surface area contributed by atoms with Gasteiger partial charge in [-0.25, -0.2) is 4.98 Å². The lowest BCUT2D eigenvalue weighted by Gasteiger charge is -1.90. The molecule has 0 radical (unpaired) electrons. The molecule has 12 heavy (non-hydrogen) atoms. The molecule has 68 valence electrons. The summed E-state index contributed by atoms with van der Waals surface area (Å²) in [6.45, 7) is 2.89. The van der Waals surface area contributed by atoms with E-state index in [1.807, 2.05) is 0 Å². The highest BCUT2D eigenvalue weighted by atomic mass is 79.9. The second-order valence-electron chi connectivity index (χ2n) is 2.57. The molecule has 0 aliphatic carbocycles. The first-order valence-electron chi connectivity index (χ1n) is 4.12. The second kappa shape index (κ2) is 4.94. The number of rotatable bonds is 4. The fourth-order valence-electron chi connectivity index (χ4n) is 0.957. The van der Waals surface area contributed by atoms with Crippen LogP contribution in [0.1, 0.15) is 23.2 Å². The lowest BCUT2D eigenvalue weighted by atomic mass is 10.3. The second-order valence-corrected chi connectivity index (χ2v) is 4.49. The predicted octanol–water partition coefficient (Wildman–Crippen LogP) is 2.36. The van der Waals surface area contributed by atoms with E-state index >= 15 is 0 Å². The van der Waals surface area contributed by atoms with Gasteiger partial charge in [0, 0.05) is 11.3 Å². The Balaban J connectivity index is 2.62. The summed E-state index contributed by atoms with van der Waals surface area (Å²) in [7, 11) is 0. The van der Waals surface area contributed by atoms with Crippen molar-refractivity contribution in [2.45, 2.75) is 26.2 Å². The summed E-state index contributed by atoms with van der Waals surface area (Å²) in [5.74, 6) is 0. The zero-order valence-corrected chi connectivity index (χ0v) is 9.54. The Labute approximate surface area is 85.3 Å². The first kappa shape index (κ1) is 10.2. The van der Waals surface area contributed by atoms with Gasteiger partial charge in [0.1, 0.15) is 4.60 Å². The van der Waals surface area contributed by atoms with Crippen LogP contribution in [0.4, 0.5) is 0 Å². The van der Waals surface area contributed by atoms with E-state index in [1.54, 1.807) is 11.3 Å².